The van der Waals surface area contributed by atoms with Crippen LogP contribution in [-0.2, 0) is 14.4 Å². The Bertz CT molecular complexity index is 673. The second-order valence-corrected chi connectivity index (χ2v) is 5.50. The lowest BCUT2D eigenvalue weighted by Gasteiger charge is -2.28. The van der Waals surface area contributed by atoms with E-state index in [1.807, 2.05) is 0 Å². The van der Waals surface area contributed by atoms with Crippen LogP contribution in [0.3, 0.4) is 0 Å². The number of esters is 1. The van der Waals surface area contributed by atoms with Crippen LogP contribution in [0.2, 0.25) is 0 Å². The average molecular weight is 394 g/mol. The smallest absolute Gasteiger partial charge is 0.430 e. The number of benzene rings is 1. The van der Waals surface area contributed by atoms with E-state index in [-0.39, 0.29) is 5.75 Å². The molecule has 0 radical (unpaired) electrons. The number of oxime groups is 1. The van der Waals surface area contributed by atoms with Gasteiger partial charge in [-0.25, -0.2) is 4.79 Å². The van der Waals surface area contributed by atoms with Crippen LogP contribution in [0.4, 0.5) is 13.2 Å². The predicted octanol–water partition coefficient (Wildman–Crippen LogP) is 3.60. The van der Waals surface area contributed by atoms with Crippen LogP contribution in [0, 0.1) is 6.92 Å². The summed E-state index contributed by atoms with van der Waals surface area (Å²) in [5.41, 5.74) is 0.175. The molecule has 124 valence electrons. The molecule has 9 heteroatoms. The Hall–Kier alpha value is -2.03. The normalized spacial score (nSPS) is 16.7. The fourth-order valence-corrected chi connectivity index (χ4v) is 2.65. The molecule has 5 nitrogen and oxygen atoms in total. The van der Waals surface area contributed by atoms with Crippen molar-refractivity contribution in [3.8, 4) is 5.75 Å². The van der Waals surface area contributed by atoms with Gasteiger partial charge in [0.05, 0.1) is 5.57 Å². The van der Waals surface area contributed by atoms with Crippen molar-refractivity contribution in [1.82, 2.24) is 0 Å². The molecule has 1 heterocycles. The molecule has 0 spiro atoms. The summed E-state index contributed by atoms with van der Waals surface area (Å²) < 4.78 is 49.9. The number of carbonyl (C=O) groups excluding carboxylic acids is 1. The molecule has 1 aromatic rings. The maximum atomic E-state index is 13.2. The summed E-state index contributed by atoms with van der Waals surface area (Å²) in [5.74, 6) is -1.14. The molecule has 23 heavy (non-hydrogen) atoms. The van der Waals surface area contributed by atoms with Gasteiger partial charge < -0.3 is 14.3 Å². The van der Waals surface area contributed by atoms with Crippen molar-refractivity contribution in [3.63, 3.8) is 0 Å². The van der Waals surface area contributed by atoms with E-state index in [2.05, 4.69) is 37.4 Å². The summed E-state index contributed by atoms with van der Waals surface area (Å²) in [6.45, 7) is 3.95. The quantitative estimate of drug-likeness (QED) is 0.258. The van der Waals surface area contributed by atoms with Crippen LogP contribution >= 0.6 is 15.9 Å². The third-order valence-corrected chi connectivity index (χ3v) is 3.42. The third-order valence-electron chi connectivity index (χ3n) is 2.96. The molecule has 1 aliphatic rings. The highest BCUT2D eigenvalue weighted by Gasteiger charge is 2.49. The van der Waals surface area contributed by atoms with E-state index in [4.69, 9.17) is 4.74 Å². The molecule has 1 aromatic carbocycles. The van der Waals surface area contributed by atoms with Gasteiger partial charge in [-0.05, 0) is 30.7 Å². The maximum Gasteiger partial charge on any atom is 0.430 e. The second kappa shape index (κ2) is 6.61. The lowest BCUT2D eigenvalue weighted by Crippen LogP contribution is -2.41. The minimum atomic E-state index is -4.78. The number of aryl methyl sites for hydroxylation is 1. The van der Waals surface area contributed by atoms with Gasteiger partial charge in [-0.2, -0.15) is 13.2 Å². The molecule has 0 bridgehead atoms. The fourth-order valence-electron chi connectivity index (χ4n) is 2.06. The lowest BCUT2D eigenvalue weighted by atomic mass is 9.99. The molecule has 1 atom stereocenters. The van der Waals surface area contributed by atoms with Gasteiger partial charge in [0, 0.05) is 16.8 Å². The minimum absolute atomic E-state index is 0.0658. The predicted molar refractivity (Wildman–Crippen MR) is 78.9 cm³/mol. The zero-order valence-corrected chi connectivity index (χ0v) is 13.4. The molecule has 0 amide bonds. The number of nitrogens with zero attached hydrogens (tertiary/aromatic N) is 1. The molecule has 0 saturated heterocycles. The largest absolute Gasteiger partial charge is 0.475 e. The summed E-state index contributed by atoms with van der Waals surface area (Å²) in [6, 6.07) is 3.16. The second-order valence-electron chi connectivity index (χ2n) is 4.59. The van der Waals surface area contributed by atoms with Crippen LogP contribution in [0.15, 0.2) is 27.3 Å². The number of carbonyl (C=O) groups is 1. The number of hydrogen-bond donors (Lipinski definition) is 0. The van der Waals surface area contributed by atoms with E-state index in [1.165, 1.54) is 0 Å². The number of hydrogen-bond acceptors (Lipinski definition) is 5. The summed E-state index contributed by atoms with van der Waals surface area (Å²) in [4.78, 5) is 16.2. The van der Waals surface area contributed by atoms with E-state index >= 15 is 0 Å². The van der Waals surface area contributed by atoms with Gasteiger partial charge in [-0.15, -0.1) is 0 Å². The van der Waals surface area contributed by atoms with Crippen LogP contribution in [0.25, 0.3) is 6.08 Å². The Balaban J connectivity index is 2.42. The van der Waals surface area contributed by atoms with Crippen molar-refractivity contribution in [2.75, 3.05) is 6.79 Å². The first-order chi connectivity index (χ1) is 10.7. The number of halogens is 4. The van der Waals surface area contributed by atoms with Gasteiger partial charge in [0.25, 0.3) is 6.79 Å². The van der Waals surface area contributed by atoms with Crippen molar-refractivity contribution in [2.24, 2.45) is 5.16 Å². The lowest BCUT2D eigenvalue weighted by molar-refractivity contribution is -0.190. The topological polar surface area (TPSA) is 57.1 Å². The molecule has 0 aromatic heterocycles. The van der Waals surface area contributed by atoms with Crippen LogP contribution < -0.4 is 4.74 Å². The van der Waals surface area contributed by atoms with Crippen molar-refractivity contribution >= 4 is 34.7 Å². The van der Waals surface area contributed by atoms with Crippen LogP contribution in [0.5, 0.6) is 5.75 Å². The Labute approximate surface area is 137 Å². The van der Waals surface area contributed by atoms with Crippen LogP contribution in [-0.4, -0.2) is 31.8 Å². The number of fused-ring (bicyclic) bond motifs is 1. The van der Waals surface area contributed by atoms with E-state index in [1.54, 1.807) is 19.1 Å². The first-order valence-corrected chi connectivity index (χ1v) is 7.03. The number of alkyl halides is 3. The zero-order chi connectivity index (χ0) is 17.2. The molecular formula is C14H11BrF3NO4. The van der Waals surface area contributed by atoms with Gasteiger partial charge >= 0.3 is 12.1 Å². The molecule has 2 rings (SSSR count). The molecule has 0 fully saturated rings. The highest BCUT2D eigenvalue weighted by molar-refractivity contribution is 9.10. The summed E-state index contributed by atoms with van der Waals surface area (Å²) in [6.07, 6.45) is -6.10. The van der Waals surface area contributed by atoms with E-state index in [9.17, 15) is 18.0 Å². The van der Waals surface area contributed by atoms with Gasteiger partial charge in [0.1, 0.15) is 5.75 Å². The molecule has 1 aliphatic heterocycles. The number of rotatable bonds is 4. The Morgan fingerprint density at radius 1 is 1.48 bits per heavy atom. The van der Waals surface area contributed by atoms with Crippen molar-refractivity contribution in [1.29, 1.82) is 0 Å². The standard InChI is InChI=1S/C14H11BrF3NO4/c1-7-3-9(15)4-8-5-10(13(20)21-6-22-19-2)12(14(16,17)18)23-11(7)8/h3-5,12H,2,6H2,1H3/t12-/m0/s1. The highest BCUT2D eigenvalue weighted by atomic mass is 79.9. The minimum Gasteiger partial charge on any atom is -0.475 e. The van der Waals surface area contributed by atoms with Gasteiger partial charge in [0.15, 0.2) is 0 Å². The SMILES string of the molecule is C=NOCOC(=O)C1=Cc2cc(Br)cc(C)c2O[C@@H]1C(F)(F)F. The van der Waals surface area contributed by atoms with Crippen LogP contribution in [0.1, 0.15) is 11.1 Å². The average Bonchev–Trinajstić information content (AvgIpc) is 2.45. The Morgan fingerprint density at radius 3 is 2.78 bits per heavy atom. The third kappa shape index (κ3) is 3.84. The monoisotopic (exact) mass is 393 g/mol. The first-order valence-electron chi connectivity index (χ1n) is 6.24. The Morgan fingerprint density at radius 2 is 2.17 bits per heavy atom. The Kier molecular flexibility index (Phi) is 4.98. The summed E-state index contributed by atoms with van der Waals surface area (Å²) in [5, 5.41) is 2.97. The van der Waals surface area contributed by atoms with E-state index < -0.39 is 30.6 Å². The summed E-state index contributed by atoms with van der Waals surface area (Å²) in [7, 11) is 0. The van der Waals surface area contributed by atoms with Crippen molar-refractivity contribution < 1.29 is 32.3 Å². The molecule has 0 saturated carbocycles. The maximum absolute atomic E-state index is 13.2. The van der Waals surface area contributed by atoms with Crippen molar-refractivity contribution in [3.05, 3.63) is 33.3 Å². The zero-order valence-electron chi connectivity index (χ0n) is 11.8. The van der Waals surface area contributed by atoms with E-state index in [0.717, 1.165) is 6.08 Å². The first kappa shape index (κ1) is 17.3. The van der Waals surface area contributed by atoms with Gasteiger partial charge in [-0.3, -0.25) is 0 Å². The van der Waals surface area contributed by atoms with Crippen molar-refractivity contribution in [2.45, 2.75) is 19.2 Å². The van der Waals surface area contributed by atoms with E-state index in [0.29, 0.717) is 15.6 Å². The molecular weight excluding hydrogens is 383 g/mol. The van der Waals surface area contributed by atoms with Gasteiger partial charge in [-0.1, -0.05) is 21.1 Å². The molecule has 0 unspecified atom stereocenters. The molecule has 0 N–H and O–H groups in total. The van der Waals surface area contributed by atoms with Gasteiger partial charge in [0.2, 0.25) is 6.10 Å². The summed E-state index contributed by atoms with van der Waals surface area (Å²) >= 11 is 3.24. The fraction of sp³-hybridized carbons (Fsp3) is 0.286. The molecule has 0 aliphatic carbocycles. The highest BCUT2D eigenvalue weighted by Crippen LogP contribution is 2.40. The number of ether oxygens (including phenoxy) is 2.